The normalized spacial score (nSPS) is 14.9. The standard InChI is InChI=1S/C21H24N4O3/c1-27-17-8-5-16(6-9-17)7-10-19(26)24-12-3-13-25(15-14-24)21-23-20-18(28-21)4-2-11-22-20/h2,4-6,8-9,11H,3,7,10,12-15H2,1H3. The molecule has 4 rings (SSSR count). The van der Waals surface area contributed by atoms with Crippen LogP contribution in [0.15, 0.2) is 47.0 Å². The van der Waals surface area contributed by atoms with E-state index in [9.17, 15) is 4.79 Å². The van der Waals surface area contributed by atoms with Crippen molar-refractivity contribution in [2.75, 3.05) is 38.2 Å². The number of nitrogens with zero attached hydrogens (tertiary/aromatic N) is 4. The first-order valence-electron chi connectivity index (χ1n) is 9.60. The van der Waals surface area contributed by atoms with Crippen molar-refractivity contribution in [3.63, 3.8) is 0 Å². The first kappa shape index (κ1) is 18.3. The van der Waals surface area contributed by atoms with Gasteiger partial charge in [-0.05, 0) is 42.7 Å². The van der Waals surface area contributed by atoms with Gasteiger partial charge in [0, 0.05) is 38.8 Å². The van der Waals surface area contributed by atoms with Gasteiger partial charge in [0.1, 0.15) is 5.75 Å². The third-order valence-electron chi connectivity index (χ3n) is 5.06. The summed E-state index contributed by atoms with van der Waals surface area (Å²) in [5.74, 6) is 1.02. The molecule has 0 aliphatic carbocycles. The van der Waals surface area contributed by atoms with E-state index in [4.69, 9.17) is 9.15 Å². The number of hydrogen-bond acceptors (Lipinski definition) is 6. The number of hydrogen-bond donors (Lipinski definition) is 0. The molecular formula is C21H24N4O3. The zero-order valence-electron chi connectivity index (χ0n) is 16.0. The molecule has 1 fully saturated rings. The van der Waals surface area contributed by atoms with E-state index in [0.29, 0.717) is 36.8 Å². The highest BCUT2D eigenvalue weighted by atomic mass is 16.5. The Hall–Kier alpha value is -3.09. The molecule has 146 valence electrons. The Kier molecular flexibility index (Phi) is 5.41. The van der Waals surface area contributed by atoms with Crippen LogP contribution in [0.1, 0.15) is 18.4 Å². The van der Waals surface area contributed by atoms with Crippen molar-refractivity contribution in [1.82, 2.24) is 14.9 Å². The lowest BCUT2D eigenvalue weighted by Gasteiger charge is -2.21. The van der Waals surface area contributed by atoms with Crippen molar-refractivity contribution >= 4 is 23.2 Å². The summed E-state index contributed by atoms with van der Waals surface area (Å²) in [7, 11) is 1.65. The molecule has 0 radical (unpaired) electrons. The van der Waals surface area contributed by atoms with E-state index in [-0.39, 0.29) is 5.91 Å². The zero-order valence-corrected chi connectivity index (χ0v) is 16.0. The maximum absolute atomic E-state index is 12.7. The first-order chi connectivity index (χ1) is 13.7. The highest BCUT2D eigenvalue weighted by molar-refractivity contribution is 5.76. The maximum atomic E-state index is 12.7. The van der Waals surface area contributed by atoms with Crippen LogP contribution in [0.3, 0.4) is 0 Å². The molecular weight excluding hydrogens is 356 g/mol. The summed E-state index contributed by atoms with van der Waals surface area (Å²) in [6, 6.07) is 12.2. The van der Waals surface area contributed by atoms with Crippen LogP contribution in [-0.4, -0.2) is 54.1 Å². The van der Waals surface area contributed by atoms with Crippen LogP contribution in [0.4, 0.5) is 6.01 Å². The van der Waals surface area contributed by atoms with Gasteiger partial charge >= 0.3 is 0 Å². The number of aryl methyl sites for hydroxylation is 1. The van der Waals surface area contributed by atoms with Crippen molar-refractivity contribution in [2.24, 2.45) is 0 Å². The number of ether oxygens (including phenoxy) is 1. The van der Waals surface area contributed by atoms with Crippen LogP contribution >= 0.6 is 0 Å². The molecule has 7 heteroatoms. The minimum Gasteiger partial charge on any atom is -0.497 e. The van der Waals surface area contributed by atoms with Gasteiger partial charge in [-0.15, -0.1) is 0 Å². The molecule has 7 nitrogen and oxygen atoms in total. The number of amides is 1. The summed E-state index contributed by atoms with van der Waals surface area (Å²) < 4.78 is 11.0. The van der Waals surface area contributed by atoms with E-state index in [2.05, 4.69) is 14.9 Å². The molecule has 1 aliphatic heterocycles. The highest BCUT2D eigenvalue weighted by Gasteiger charge is 2.22. The molecule has 0 N–H and O–H groups in total. The zero-order chi connectivity index (χ0) is 19.3. The van der Waals surface area contributed by atoms with E-state index in [0.717, 1.165) is 37.2 Å². The Morgan fingerprint density at radius 2 is 2.00 bits per heavy atom. The van der Waals surface area contributed by atoms with Gasteiger partial charge in [-0.25, -0.2) is 4.98 Å². The third-order valence-corrected chi connectivity index (χ3v) is 5.06. The summed E-state index contributed by atoms with van der Waals surface area (Å²) in [6.45, 7) is 2.96. The average Bonchev–Trinajstić information content (AvgIpc) is 3.01. The van der Waals surface area contributed by atoms with Crippen molar-refractivity contribution in [3.05, 3.63) is 48.2 Å². The van der Waals surface area contributed by atoms with Gasteiger partial charge in [0.25, 0.3) is 6.01 Å². The second-order valence-electron chi connectivity index (χ2n) is 6.89. The van der Waals surface area contributed by atoms with Gasteiger partial charge in [0.05, 0.1) is 7.11 Å². The molecule has 2 aromatic heterocycles. The largest absolute Gasteiger partial charge is 0.497 e. The minimum atomic E-state index is 0.192. The number of pyridine rings is 1. The number of rotatable bonds is 5. The van der Waals surface area contributed by atoms with Gasteiger partial charge in [0.2, 0.25) is 11.6 Å². The van der Waals surface area contributed by atoms with Crippen LogP contribution in [0.2, 0.25) is 0 Å². The lowest BCUT2D eigenvalue weighted by molar-refractivity contribution is -0.130. The lowest BCUT2D eigenvalue weighted by atomic mass is 10.1. The number of benzene rings is 1. The van der Waals surface area contributed by atoms with Crippen LogP contribution in [0.25, 0.3) is 11.2 Å². The topological polar surface area (TPSA) is 71.7 Å². The van der Waals surface area contributed by atoms with Crippen LogP contribution in [0.5, 0.6) is 5.75 Å². The number of oxazole rings is 1. The molecule has 0 unspecified atom stereocenters. The molecule has 0 spiro atoms. The Bertz CT molecular complexity index is 905. The molecule has 28 heavy (non-hydrogen) atoms. The van der Waals surface area contributed by atoms with E-state index in [1.54, 1.807) is 13.3 Å². The predicted octanol–water partition coefficient (Wildman–Crippen LogP) is 2.90. The lowest BCUT2D eigenvalue weighted by Crippen LogP contribution is -2.35. The molecule has 3 aromatic rings. The van der Waals surface area contributed by atoms with Crippen LogP contribution < -0.4 is 9.64 Å². The van der Waals surface area contributed by atoms with Gasteiger partial charge in [-0.3, -0.25) is 4.79 Å². The number of carbonyl (C=O) groups excluding carboxylic acids is 1. The Balaban J connectivity index is 1.33. The average molecular weight is 380 g/mol. The summed E-state index contributed by atoms with van der Waals surface area (Å²) in [5.41, 5.74) is 2.45. The van der Waals surface area contributed by atoms with Crippen LogP contribution in [0, 0.1) is 0 Å². The van der Waals surface area contributed by atoms with Crippen molar-refractivity contribution < 1.29 is 13.9 Å². The molecule has 1 aliphatic rings. The fourth-order valence-electron chi connectivity index (χ4n) is 3.45. The van der Waals surface area contributed by atoms with Crippen molar-refractivity contribution in [3.8, 4) is 5.75 Å². The summed E-state index contributed by atoms with van der Waals surface area (Å²) in [4.78, 5) is 25.4. The molecule has 0 saturated carbocycles. The molecule has 0 bridgehead atoms. The number of carbonyl (C=O) groups is 1. The Morgan fingerprint density at radius 1 is 1.14 bits per heavy atom. The quantitative estimate of drug-likeness (QED) is 0.678. The second kappa shape index (κ2) is 8.29. The first-order valence-corrected chi connectivity index (χ1v) is 9.60. The van der Waals surface area contributed by atoms with E-state index < -0.39 is 0 Å². The van der Waals surface area contributed by atoms with Gasteiger partial charge < -0.3 is 19.0 Å². The predicted molar refractivity (Wildman–Crippen MR) is 107 cm³/mol. The van der Waals surface area contributed by atoms with Crippen LogP contribution in [-0.2, 0) is 11.2 Å². The summed E-state index contributed by atoms with van der Waals surface area (Å²) in [5, 5.41) is 0. The second-order valence-corrected chi connectivity index (χ2v) is 6.89. The molecule has 3 heterocycles. The van der Waals surface area contributed by atoms with E-state index in [1.165, 1.54) is 0 Å². The smallest absolute Gasteiger partial charge is 0.300 e. The SMILES string of the molecule is COc1ccc(CCC(=O)N2CCCN(c3nc4ncccc4o3)CC2)cc1. The third kappa shape index (κ3) is 4.08. The van der Waals surface area contributed by atoms with Gasteiger partial charge in [-0.2, -0.15) is 4.98 Å². The summed E-state index contributed by atoms with van der Waals surface area (Å²) in [6.07, 6.45) is 3.85. The molecule has 0 atom stereocenters. The molecule has 1 saturated heterocycles. The molecule has 1 aromatic carbocycles. The maximum Gasteiger partial charge on any atom is 0.300 e. The number of fused-ring (bicyclic) bond motifs is 1. The number of aromatic nitrogens is 2. The number of anilines is 1. The van der Waals surface area contributed by atoms with Gasteiger partial charge in [-0.1, -0.05) is 12.1 Å². The monoisotopic (exact) mass is 380 g/mol. The fourth-order valence-corrected chi connectivity index (χ4v) is 3.45. The highest BCUT2D eigenvalue weighted by Crippen LogP contribution is 2.21. The van der Waals surface area contributed by atoms with Crippen molar-refractivity contribution in [2.45, 2.75) is 19.3 Å². The van der Waals surface area contributed by atoms with E-state index in [1.807, 2.05) is 41.3 Å². The Labute approximate surface area is 163 Å². The fraction of sp³-hybridized carbons (Fsp3) is 0.381. The Morgan fingerprint density at radius 3 is 2.79 bits per heavy atom. The van der Waals surface area contributed by atoms with Crippen molar-refractivity contribution in [1.29, 1.82) is 0 Å². The minimum absolute atomic E-state index is 0.192. The number of methoxy groups -OCH3 is 1. The van der Waals surface area contributed by atoms with E-state index >= 15 is 0 Å². The molecule has 1 amide bonds. The van der Waals surface area contributed by atoms with Gasteiger partial charge in [0.15, 0.2) is 5.58 Å². The summed E-state index contributed by atoms with van der Waals surface area (Å²) >= 11 is 0.